The summed E-state index contributed by atoms with van der Waals surface area (Å²) in [5.41, 5.74) is 4.66. The molecule has 0 radical (unpaired) electrons. The number of hydrogen-bond donors (Lipinski definition) is 1. The summed E-state index contributed by atoms with van der Waals surface area (Å²) in [6.07, 6.45) is 0.828. The number of nitrogens with one attached hydrogen (secondary N) is 1. The third-order valence-electron chi connectivity index (χ3n) is 5.36. The molecule has 0 unspecified atom stereocenters. The number of nitrogens with zero attached hydrogens (tertiary/aromatic N) is 2. The van der Waals surface area contributed by atoms with Crippen molar-refractivity contribution in [1.29, 1.82) is 0 Å². The number of amides is 1. The van der Waals surface area contributed by atoms with E-state index < -0.39 is 5.97 Å². The Bertz CT molecular complexity index is 1280. The van der Waals surface area contributed by atoms with Gasteiger partial charge in [-0.25, -0.2) is 9.78 Å². The van der Waals surface area contributed by atoms with E-state index in [9.17, 15) is 9.59 Å². The quantitative estimate of drug-likeness (QED) is 0.384. The lowest BCUT2D eigenvalue weighted by molar-refractivity contribution is -0.120. The van der Waals surface area contributed by atoms with E-state index in [2.05, 4.69) is 15.3 Å². The second-order valence-electron chi connectivity index (χ2n) is 7.68. The average Bonchev–Trinajstić information content (AvgIpc) is 3.29. The maximum atomic E-state index is 12.9. The van der Waals surface area contributed by atoms with E-state index in [-0.39, 0.29) is 18.9 Å². The number of rotatable bonds is 8. The lowest BCUT2D eigenvalue weighted by Gasteiger charge is -2.13. The molecule has 2 aromatic carbocycles. The summed E-state index contributed by atoms with van der Waals surface area (Å²) in [5, 5.41) is 6.34. The van der Waals surface area contributed by atoms with Crippen LogP contribution in [0.2, 0.25) is 0 Å². The summed E-state index contributed by atoms with van der Waals surface area (Å²) >= 11 is 1.38. The Hall–Kier alpha value is -3.58. The van der Waals surface area contributed by atoms with Gasteiger partial charge in [0.2, 0.25) is 5.91 Å². The molecule has 2 heterocycles. The fourth-order valence-electron chi connectivity index (χ4n) is 3.67. The van der Waals surface area contributed by atoms with E-state index >= 15 is 0 Å². The number of benzene rings is 2. The van der Waals surface area contributed by atoms with Crippen molar-refractivity contribution in [2.45, 2.75) is 39.8 Å². The van der Waals surface area contributed by atoms with Gasteiger partial charge in [-0.3, -0.25) is 9.78 Å². The number of carbonyl (C=O) groups is 2. The number of para-hydroxylation sites is 1. The molecule has 4 rings (SSSR count). The highest BCUT2D eigenvalue weighted by molar-refractivity contribution is 7.09. The van der Waals surface area contributed by atoms with Crippen molar-refractivity contribution >= 4 is 34.1 Å². The fourth-order valence-corrected chi connectivity index (χ4v) is 4.45. The molecule has 0 saturated heterocycles. The van der Waals surface area contributed by atoms with Gasteiger partial charge < -0.3 is 10.1 Å². The molecule has 0 aliphatic carbocycles. The van der Waals surface area contributed by atoms with Gasteiger partial charge in [-0.1, -0.05) is 55.5 Å². The minimum absolute atomic E-state index is 0.0520. The zero-order valence-electron chi connectivity index (χ0n) is 18.6. The number of aromatic nitrogens is 2. The first-order valence-electron chi connectivity index (χ1n) is 10.8. The largest absolute Gasteiger partial charge is 0.455 e. The van der Waals surface area contributed by atoms with E-state index in [0.717, 1.165) is 27.7 Å². The Kier molecular flexibility index (Phi) is 7.10. The van der Waals surface area contributed by atoms with Gasteiger partial charge in [-0.05, 0) is 30.5 Å². The summed E-state index contributed by atoms with van der Waals surface area (Å²) in [4.78, 5) is 34.2. The van der Waals surface area contributed by atoms with Crippen molar-refractivity contribution in [3.8, 4) is 0 Å². The van der Waals surface area contributed by atoms with Crippen molar-refractivity contribution in [2.24, 2.45) is 0 Å². The summed E-state index contributed by atoms with van der Waals surface area (Å²) in [5.74, 6) is -0.500. The number of thiazole rings is 1. The molecule has 0 spiro atoms. The van der Waals surface area contributed by atoms with Crippen molar-refractivity contribution in [3.05, 3.63) is 93.1 Å². The standard InChI is InChI=1S/C26H25N3O3S/c1-3-21-25(17(2)20-11-7-8-12-22(20)29-21)26(31)32-15-19-16-33-24(28-19)13-23(30)27-14-18-9-5-4-6-10-18/h4-12,16H,3,13-15H2,1-2H3,(H,27,30). The van der Waals surface area contributed by atoms with Gasteiger partial charge >= 0.3 is 5.97 Å². The Morgan fingerprint density at radius 1 is 1.03 bits per heavy atom. The van der Waals surface area contributed by atoms with Gasteiger partial charge in [0, 0.05) is 17.3 Å². The smallest absolute Gasteiger partial charge is 0.340 e. The van der Waals surface area contributed by atoms with E-state index in [1.807, 2.05) is 73.8 Å². The van der Waals surface area contributed by atoms with Gasteiger partial charge in [0.05, 0.1) is 28.9 Å². The first kappa shape index (κ1) is 22.6. The van der Waals surface area contributed by atoms with Crippen molar-refractivity contribution in [3.63, 3.8) is 0 Å². The third-order valence-corrected chi connectivity index (χ3v) is 6.26. The maximum Gasteiger partial charge on any atom is 0.340 e. The van der Waals surface area contributed by atoms with Gasteiger partial charge in [0.25, 0.3) is 0 Å². The maximum absolute atomic E-state index is 12.9. The van der Waals surface area contributed by atoms with E-state index in [0.29, 0.717) is 29.2 Å². The second-order valence-corrected chi connectivity index (χ2v) is 8.62. The molecule has 0 bridgehead atoms. The van der Waals surface area contributed by atoms with Crippen LogP contribution in [0.5, 0.6) is 0 Å². The SMILES string of the molecule is CCc1nc2ccccc2c(C)c1C(=O)OCc1csc(CC(=O)NCc2ccccc2)n1. The Morgan fingerprint density at radius 3 is 2.58 bits per heavy atom. The molecular weight excluding hydrogens is 434 g/mol. The molecule has 0 aliphatic heterocycles. The second kappa shape index (κ2) is 10.4. The highest BCUT2D eigenvalue weighted by Crippen LogP contribution is 2.24. The molecule has 6 nitrogen and oxygen atoms in total. The number of aryl methyl sites for hydroxylation is 2. The topological polar surface area (TPSA) is 81.2 Å². The summed E-state index contributed by atoms with van der Waals surface area (Å²) in [6, 6.07) is 17.5. The van der Waals surface area contributed by atoms with Gasteiger partial charge in [0.1, 0.15) is 11.6 Å². The number of esters is 1. The number of hydrogen-bond acceptors (Lipinski definition) is 6. The molecule has 2 aromatic heterocycles. The van der Waals surface area contributed by atoms with Crippen LogP contribution in [0.1, 0.15) is 44.8 Å². The molecule has 0 saturated carbocycles. The molecule has 7 heteroatoms. The van der Waals surface area contributed by atoms with Crippen LogP contribution in [-0.2, 0) is 35.5 Å². The van der Waals surface area contributed by atoms with Crippen LogP contribution in [-0.4, -0.2) is 21.8 Å². The summed E-state index contributed by atoms with van der Waals surface area (Å²) < 4.78 is 5.57. The van der Waals surface area contributed by atoms with Crippen molar-refractivity contribution < 1.29 is 14.3 Å². The van der Waals surface area contributed by atoms with Crippen molar-refractivity contribution in [1.82, 2.24) is 15.3 Å². The van der Waals surface area contributed by atoms with Crippen LogP contribution < -0.4 is 5.32 Å². The Labute approximate surface area is 196 Å². The van der Waals surface area contributed by atoms with E-state index in [1.165, 1.54) is 11.3 Å². The number of fused-ring (bicyclic) bond motifs is 1. The molecular formula is C26H25N3O3S. The third kappa shape index (κ3) is 5.43. The van der Waals surface area contributed by atoms with Gasteiger partial charge in [0.15, 0.2) is 0 Å². The monoisotopic (exact) mass is 459 g/mol. The van der Waals surface area contributed by atoms with Crippen LogP contribution in [0.15, 0.2) is 60.0 Å². The summed E-state index contributed by atoms with van der Waals surface area (Å²) in [6.45, 7) is 4.43. The molecule has 0 atom stereocenters. The predicted molar refractivity (Wildman–Crippen MR) is 129 cm³/mol. The molecule has 0 aliphatic rings. The first-order valence-corrected chi connectivity index (χ1v) is 11.7. The minimum Gasteiger partial charge on any atom is -0.455 e. The van der Waals surface area contributed by atoms with Crippen LogP contribution >= 0.6 is 11.3 Å². The average molecular weight is 460 g/mol. The van der Waals surface area contributed by atoms with Crippen LogP contribution in [0.25, 0.3) is 10.9 Å². The highest BCUT2D eigenvalue weighted by atomic mass is 32.1. The molecule has 33 heavy (non-hydrogen) atoms. The lowest BCUT2D eigenvalue weighted by Crippen LogP contribution is -2.24. The van der Waals surface area contributed by atoms with Crippen LogP contribution in [0.4, 0.5) is 0 Å². The summed E-state index contributed by atoms with van der Waals surface area (Å²) in [7, 11) is 0. The number of pyridine rings is 1. The van der Waals surface area contributed by atoms with E-state index in [4.69, 9.17) is 4.74 Å². The van der Waals surface area contributed by atoms with E-state index in [1.54, 1.807) is 0 Å². The van der Waals surface area contributed by atoms with Crippen molar-refractivity contribution in [2.75, 3.05) is 0 Å². The Balaban J connectivity index is 1.37. The number of ether oxygens (including phenoxy) is 1. The molecule has 168 valence electrons. The first-order chi connectivity index (χ1) is 16.0. The lowest BCUT2D eigenvalue weighted by atomic mass is 10.0. The molecule has 1 amide bonds. The minimum atomic E-state index is -0.405. The normalized spacial score (nSPS) is 10.8. The predicted octanol–water partition coefficient (Wildman–Crippen LogP) is 4.78. The van der Waals surface area contributed by atoms with Gasteiger partial charge in [-0.2, -0.15) is 0 Å². The Morgan fingerprint density at radius 2 is 1.79 bits per heavy atom. The zero-order valence-corrected chi connectivity index (χ0v) is 19.4. The number of carbonyl (C=O) groups excluding carboxylic acids is 2. The molecule has 0 fully saturated rings. The van der Waals surface area contributed by atoms with Crippen LogP contribution in [0, 0.1) is 6.92 Å². The highest BCUT2D eigenvalue weighted by Gasteiger charge is 2.19. The van der Waals surface area contributed by atoms with Gasteiger partial charge in [-0.15, -0.1) is 11.3 Å². The zero-order chi connectivity index (χ0) is 23.2. The fraction of sp³-hybridized carbons (Fsp3) is 0.231. The molecule has 4 aromatic rings. The van der Waals surface area contributed by atoms with Crippen LogP contribution in [0.3, 0.4) is 0 Å². The molecule has 1 N–H and O–H groups in total.